The molecule has 124 valence electrons. The molecule has 6 nitrogen and oxygen atoms in total. The number of carbonyl (C=O) groups excluding carboxylic acids is 1. The molecule has 0 radical (unpaired) electrons. The van der Waals surface area contributed by atoms with Gasteiger partial charge in [-0.1, -0.05) is 13.8 Å². The number of urea groups is 1. The lowest BCUT2D eigenvalue weighted by Crippen LogP contribution is -2.38. The second kappa shape index (κ2) is 5.44. The molecule has 0 bridgehead atoms. The van der Waals surface area contributed by atoms with Crippen LogP contribution in [-0.2, 0) is 13.5 Å². The summed E-state index contributed by atoms with van der Waals surface area (Å²) in [5.41, 5.74) is 2.06. The van der Waals surface area contributed by atoms with E-state index in [4.69, 9.17) is 4.42 Å². The number of furan rings is 1. The van der Waals surface area contributed by atoms with Crippen LogP contribution in [-0.4, -0.2) is 15.8 Å². The van der Waals surface area contributed by atoms with Crippen LogP contribution in [0, 0.1) is 19.3 Å². The molecule has 2 aromatic rings. The number of fused-ring (bicyclic) bond motifs is 1. The highest BCUT2D eigenvalue weighted by molar-refractivity contribution is 5.88. The Morgan fingerprint density at radius 1 is 1.39 bits per heavy atom. The molecular weight excluding hydrogens is 292 g/mol. The molecule has 2 N–H and O–H groups in total. The molecule has 0 aromatic carbocycles. The number of amides is 2. The average molecular weight is 316 g/mol. The number of anilines is 1. The summed E-state index contributed by atoms with van der Waals surface area (Å²) < 4.78 is 7.47. The van der Waals surface area contributed by atoms with Gasteiger partial charge in [-0.25, -0.2) is 4.79 Å². The van der Waals surface area contributed by atoms with Crippen LogP contribution < -0.4 is 10.6 Å². The van der Waals surface area contributed by atoms with Crippen molar-refractivity contribution >= 4 is 11.8 Å². The molecule has 6 heteroatoms. The predicted molar refractivity (Wildman–Crippen MR) is 88.4 cm³/mol. The first kappa shape index (κ1) is 15.6. The van der Waals surface area contributed by atoms with E-state index in [1.807, 2.05) is 33.0 Å². The van der Waals surface area contributed by atoms with E-state index in [1.54, 1.807) is 4.68 Å². The average Bonchev–Trinajstić information content (AvgIpc) is 2.90. The van der Waals surface area contributed by atoms with Gasteiger partial charge in [-0.15, -0.1) is 0 Å². The molecule has 1 aliphatic rings. The third-order valence-electron chi connectivity index (χ3n) is 4.29. The lowest BCUT2D eigenvalue weighted by atomic mass is 9.75. The van der Waals surface area contributed by atoms with E-state index < -0.39 is 0 Å². The molecule has 1 aliphatic carbocycles. The number of nitrogens with one attached hydrogen (secondary N) is 2. The van der Waals surface area contributed by atoms with Gasteiger partial charge in [0, 0.05) is 25.1 Å². The summed E-state index contributed by atoms with van der Waals surface area (Å²) in [6.07, 6.45) is 1.79. The van der Waals surface area contributed by atoms with Crippen molar-refractivity contribution in [2.24, 2.45) is 12.5 Å². The summed E-state index contributed by atoms with van der Waals surface area (Å²) in [6, 6.07) is 3.61. The van der Waals surface area contributed by atoms with E-state index in [2.05, 4.69) is 29.6 Å². The third kappa shape index (κ3) is 3.25. The van der Waals surface area contributed by atoms with E-state index in [0.717, 1.165) is 35.6 Å². The second-order valence-electron chi connectivity index (χ2n) is 7.23. The Labute approximate surface area is 136 Å². The van der Waals surface area contributed by atoms with Crippen molar-refractivity contribution in [1.82, 2.24) is 15.1 Å². The highest BCUT2D eigenvalue weighted by Gasteiger charge is 2.35. The normalized spacial score (nSPS) is 19.3. The number of hydrogen-bond acceptors (Lipinski definition) is 3. The van der Waals surface area contributed by atoms with Crippen LogP contribution >= 0.6 is 0 Å². The first-order valence-electron chi connectivity index (χ1n) is 7.91. The van der Waals surface area contributed by atoms with Crippen molar-refractivity contribution in [3.63, 3.8) is 0 Å². The first-order valence-corrected chi connectivity index (χ1v) is 7.91. The highest BCUT2D eigenvalue weighted by Crippen LogP contribution is 2.42. The van der Waals surface area contributed by atoms with Gasteiger partial charge in [-0.2, -0.15) is 5.10 Å². The minimum Gasteiger partial charge on any atom is -0.466 e. The van der Waals surface area contributed by atoms with Crippen LogP contribution in [0.5, 0.6) is 0 Å². The van der Waals surface area contributed by atoms with E-state index in [9.17, 15) is 4.79 Å². The number of rotatable bonds is 2. The standard InChI is InChI=1S/C17H24N4O2/c1-10-6-15(21(5)20-10)19-16(22)18-13-8-17(3,4)9-14-12(13)7-11(2)23-14/h6-7,13H,8-9H2,1-5H3,(H2,18,19,22). The van der Waals surface area contributed by atoms with Gasteiger partial charge in [0.05, 0.1) is 11.7 Å². The number of nitrogens with zero attached hydrogens (tertiary/aromatic N) is 2. The van der Waals surface area contributed by atoms with Gasteiger partial charge >= 0.3 is 6.03 Å². The van der Waals surface area contributed by atoms with Gasteiger partial charge in [-0.05, 0) is 31.7 Å². The monoisotopic (exact) mass is 316 g/mol. The summed E-state index contributed by atoms with van der Waals surface area (Å²) in [5, 5.41) is 10.2. The molecule has 0 saturated carbocycles. The molecule has 2 aromatic heterocycles. The number of hydrogen-bond donors (Lipinski definition) is 2. The molecule has 2 amide bonds. The molecule has 2 heterocycles. The number of aryl methyl sites for hydroxylation is 3. The van der Waals surface area contributed by atoms with Crippen LogP contribution in [0.1, 0.15) is 49.1 Å². The summed E-state index contributed by atoms with van der Waals surface area (Å²) in [4.78, 5) is 12.4. The molecule has 0 aliphatic heterocycles. The van der Waals surface area contributed by atoms with Crippen molar-refractivity contribution in [3.05, 3.63) is 34.9 Å². The molecular formula is C17H24N4O2. The lowest BCUT2D eigenvalue weighted by Gasteiger charge is -2.34. The van der Waals surface area contributed by atoms with Gasteiger partial charge in [-0.3, -0.25) is 10.00 Å². The largest absolute Gasteiger partial charge is 0.466 e. The van der Waals surface area contributed by atoms with Crippen LogP contribution in [0.15, 0.2) is 16.5 Å². The molecule has 1 unspecified atom stereocenters. The highest BCUT2D eigenvalue weighted by atomic mass is 16.3. The molecule has 23 heavy (non-hydrogen) atoms. The van der Waals surface area contributed by atoms with Crippen LogP contribution in [0.4, 0.5) is 10.6 Å². The van der Waals surface area contributed by atoms with Gasteiger partial charge in [0.15, 0.2) is 0 Å². The first-order chi connectivity index (χ1) is 10.7. The Hall–Kier alpha value is -2.24. The van der Waals surface area contributed by atoms with Crippen molar-refractivity contribution < 1.29 is 9.21 Å². The Balaban J connectivity index is 1.76. The van der Waals surface area contributed by atoms with E-state index in [0.29, 0.717) is 5.82 Å². The van der Waals surface area contributed by atoms with Crippen LogP contribution in [0.25, 0.3) is 0 Å². The Kier molecular flexibility index (Phi) is 3.70. The quantitative estimate of drug-likeness (QED) is 0.891. The maximum atomic E-state index is 12.4. The van der Waals surface area contributed by atoms with Crippen molar-refractivity contribution in [2.75, 3.05) is 5.32 Å². The Morgan fingerprint density at radius 2 is 2.13 bits per heavy atom. The predicted octanol–water partition coefficient (Wildman–Crippen LogP) is 3.47. The van der Waals surface area contributed by atoms with Gasteiger partial charge in [0.1, 0.15) is 17.3 Å². The van der Waals surface area contributed by atoms with Crippen molar-refractivity contribution in [1.29, 1.82) is 0 Å². The van der Waals surface area contributed by atoms with Crippen molar-refractivity contribution in [3.8, 4) is 0 Å². The van der Waals surface area contributed by atoms with E-state index >= 15 is 0 Å². The number of carbonyl (C=O) groups is 1. The fraction of sp³-hybridized carbons (Fsp3) is 0.529. The summed E-state index contributed by atoms with van der Waals surface area (Å²) in [6.45, 7) is 8.24. The lowest BCUT2D eigenvalue weighted by molar-refractivity contribution is 0.222. The zero-order chi connectivity index (χ0) is 16.8. The van der Waals surface area contributed by atoms with Crippen molar-refractivity contribution in [2.45, 2.75) is 46.6 Å². The topological polar surface area (TPSA) is 72.1 Å². The summed E-state index contributed by atoms with van der Waals surface area (Å²) >= 11 is 0. The van der Waals surface area contributed by atoms with E-state index in [-0.39, 0.29) is 17.5 Å². The zero-order valence-electron chi connectivity index (χ0n) is 14.4. The Bertz CT molecular complexity index is 742. The van der Waals surface area contributed by atoms with E-state index in [1.165, 1.54) is 0 Å². The fourth-order valence-corrected chi connectivity index (χ4v) is 3.35. The molecule has 1 atom stereocenters. The van der Waals surface area contributed by atoms with Gasteiger partial charge in [0.2, 0.25) is 0 Å². The smallest absolute Gasteiger partial charge is 0.320 e. The summed E-state index contributed by atoms with van der Waals surface area (Å²) in [5.74, 6) is 2.56. The Morgan fingerprint density at radius 3 is 2.78 bits per heavy atom. The van der Waals surface area contributed by atoms with Gasteiger partial charge < -0.3 is 9.73 Å². The molecule has 3 rings (SSSR count). The van der Waals surface area contributed by atoms with Crippen LogP contribution in [0.2, 0.25) is 0 Å². The SMILES string of the molecule is Cc1cc(NC(=O)NC2CC(C)(C)Cc3oc(C)cc32)n(C)n1. The maximum Gasteiger partial charge on any atom is 0.320 e. The zero-order valence-corrected chi connectivity index (χ0v) is 14.4. The van der Waals surface area contributed by atoms with Gasteiger partial charge in [0.25, 0.3) is 0 Å². The third-order valence-corrected chi connectivity index (χ3v) is 4.29. The molecule has 0 saturated heterocycles. The maximum absolute atomic E-state index is 12.4. The molecule has 0 fully saturated rings. The minimum absolute atomic E-state index is 0.0412. The summed E-state index contributed by atoms with van der Waals surface area (Å²) in [7, 11) is 1.81. The number of aromatic nitrogens is 2. The molecule has 0 spiro atoms. The second-order valence-corrected chi connectivity index (χ2v) is 7.23. The van der Waals surface area contributed by atoms with Crippen LogP contribution in [0.3, 0.4) is 0 Å². The minimum atomic E-state index is -0.222. The fourth-order valence-electron chi connectivity index (χ4n) is 3.35.